The molecule has 21 heavy (non-hydrogen) atoms. The second kappa shape index (κ2) is 5.39. The summed E-state index contributed by atoms with van der Waals surface area (Å²) >= 11 is 0. The van der Waals surface area contributed by atoms with E-state index < -0.39 is 30.4 Å². The Kier molecular flexibility index (Phi) is 4.52. The summed E-state index contributed by atoms with van der Waals surface area (Å²) in [5, 5.41) is 11.9. The van der Waals surface area contributed by atoms with Crippen molar-refractivity contribution < 1.29 is 26.1 Å². The van der Waals surface area contributed by atoms with Gasteiger partial charge in [-0.05, 0) is 18.2 Å². The third kappa shape index (κ3) is 4.51. The number of nitrogens with zero attached hydrogens (tertiary/aromatic N) is 1. The molecule has 1 N–H and O–H groups in total. The molecule has 0 aliphatic heterocycles. The Morgan fingerprint density at radius 3 is 2.10 bits per heavy atom. The number of benzene rings is 1. The zero-order valence-electron chi connectivity index (χ0n) is 12.1. The van der Waals surface area contributed by atoms with Gasteiger partial charge < -0.3 is 5.21 Å². The summed E-state index contributed by atoms with van der Waals surface area (Å²) in [4.78, 5) is -0.893. The van der Waals surface area contributed by atoms with E-state index in [4.69, 9.17) is 0 Å². The van der Waals surface area contributed by atoms with Crippen molar-refractivity contribution in [1.29, 1.82) is 0 Å². The molecule has 7 nitrogen and oxygen atoms in total. The van der Waals surface area contributed by atoms with Gasteiger partial charge in [-0.2, -0.15) is 8.42 Å². The van der Waals surface area contributed by atoms with E-state index in [1.165, 1.54) is 6.07 Å². The zero-order chi connectivity index (χ0) is 16.6. The second-order valence-corrected chi connectivity index (χ2v) is 8.98. The third-order valence-electron chi connectivity index (χ3n) is 2.61. The highest BCUT2D eigenvalue weighted by Crippen LogP contribution is 2.20. The maximum Gasteiger partial charge on any atom is 0.295 e. The highest BCUT2D eigenvalue weighted by atomic mass is 32.2. The molecule has 118 valence electrons. The molecular weight excluding hydrogens is 318 g/mol. The lowest BCUT2D eigenvalue weighted by molar-refractivity contribution is -0.530. The Labute approximate surface area is 124 Å². The quantitative estimate of drug-likeness (QED) is 0.290. The molecule has 0 aliphatic rings. The summed E-state index contributed by atoms with van der Waals surface area (Å²) in [6.45, 7) is 4.86. The van der Waals surface area contributed by atoms with Crippen LogP contribution in [0.3, 0.4) is 0 Å². The molecule has 0 amide bonds. The van der Waals surface area contributed by atoms with Gasteiger partial charge in [-0.15, -0.1) is 0 Å². The van der Waals surface area contributed by atoms with Gasteiger partial charge in [0.05, 0.1) is 10.5 Å². The lowest BCUT2D eigenvalue weighted by Gasteiger charge is -2.19. The molecule has 1 aromatic carbocycles. The van der Waals surface area contributed by atoms with Gasteiger partial charge in [0.15, 0.2) is 21.6 Å². The van der Waals surface area contributed by atoms with Crippen LogP contribution in [-0.4, -0.2) is 44.1 Å². The molecule has 0 bridgehead atoms. The maximum atomic E-state index is 11.9. The lowest BCUT2D eigenvalue weighted by atomic mass is 10.1. The number of hydrogen-bond donors (Lipinski definition) is 1. The van der Waals surface area contributed by atoms with Crippen LogP contribution in [0.15, 0.2) is 28.0 Å². The van der Waals surface area contributed by atoms with Gasteiger partial charge in [0, 0.05) is 27.0 Å². The second-order valence-electron chi connectivity index (χ2n) is 5.57. The van der Waals surface area contributed by atoms with E-state index in [-0.39, 0.29) is 10.5 Å². The minimum absolute atomic E-state index is 0.0881. The molecule has 0 saturated heterocycles. The largest absolute Gasteiger partial charge is 0.623 e. The van der Waals surface area contributed by atoms with Gasteiger partial charge in [0.1, 0.15) is 4.90 Å². The monoisotopic (exact) mass is 335 g/mol. The van der Waals surface area contributed by atoms with Crippen molar-refractivity contribution in [2.45, 2.75) is 36.1 Å². The molecule has 0 aliphatic carbocycles. The van der Waals surface area contributed by atoms with E-state index in [0.717, 1.165) is 24.6 Å². The summed E-state index contributed by atoms with van der Waals surface area (Å²) in [6.07, 6.45) is 1.91. The Balaban J connectivity index is 3.63. The average molecular weight is 335 g/mol. The molecule has 9 heteroatoms. The minimum Gasteiger partial charge on any atom is -0.623 e. The van der Waals surface area contributed by atoms with E-state index in [1.807, 2.05) is 0 Å². The van der Waals surface area contributed by atoms with Gasteiger partial charge in [-0.25, -0.2) is 13.2 Å². The molecule has 0 saturated carbocycles. The zero-order valence-corrected chi connectivity index (χ0v) is 13.7. The normalized spacial score (nSPS) is 14.2. The first kappa shape index (κ1) is 17.6. The van der Waals surface area contributed by atoms with Crippen molar-refractivity contribution >= 4 is 26.2 Å². The van der Waals surface area contributed by atoms with Gasteiger partial charge in [0.2, 0.25) is 0 Å². The van der Waals surface area contributed by atoms with Crippen molar-refractivity contribution in [2.24, 2.45) is 0 Å². The molecule has 0 atom stereocenters. The van der Waals surface area contributed by atoms with E-state index in [2.05, 4.69) is 0 Å². The SMILES string of the molecule is CC(C)(C)/[N+]([O-])=C/c1ccc(S(C)(=O)=O)cc1S(=O)(=O)O. The van der Waals surface area contributed by atoms with Crippen LogP contribution in [-0.2, 0) is 20.0 Å². The average Bonchev–Trinajstić information content (AvgIpc) is 2.25. The number of rotatable bonds is 3. The van der Waals surface area contributed by atoms with Crippen LogP contribution in [0, 0.1) is 5.21 Å². The minimum atomic E-state index is -4.67. The van der Waals surface area contributed by atoms with Gasteiger partial charge >= 0.3 is 0 Å². The fraction of sp³-hybridized carbons (Fsp3) is 0.417. The Morgan fingerprint density at radius 2 is 1.71 bits per heavy atom. The standard InChI is InChI=1S/C12H17NO6S2/c1-12(2,3)13(14)8-9-5-6-10(20(4,15)16)7-11(9)21(17,18)19/h5-8H,1-4H3,(H,17,18,19)/b13-8-. The van der Waals surface area contributed by atoms with E-state index in [1.54, 1.807) is 20.8 Å². The first-order valence-electron chi connectivity index (χ1n) is 5.86. The van der Waals surface area contributed by atoms with Gasteiger partial charge in [0.25, 0.3) is 10.1 Å². The predicted octanol–water partition coefficient (Wildman–Crippen LogP) is 1.06. The maximum absolute atomic E-state index is 11.9. The Morgan fingerprint density at radius 1 is 1.19 bits per heavy atom. The van der Waals surface area contributed by atoms with Crippen LogP contribution in [0.25, 0.3) is 0 Å². The molecule has 1 aromatic rings. The highest BCUT2D eigenvalue weighted by molar-refractivity contribution is 7.90. The van der Waals surface area contributed by atoms with Crippen molar-refractivity contribution in [3.63, 3.8) is 0 Å². The van der Waals surface area contributed by atoms with E-state index in [0.29, 0.717) is 4.74 Å². The van der Waals surface area contributed by atoms with E-state index >= 15 is 0 Å². The van der Waals surface area contributed by atoms with Crippen molar-refractivity contribution in [3.8, 4) is 0 Å². The van der Waals surface area contributed by atoms with Crippen LogP contribution in [0.1, 0.15) is 26.3 Å². The Bertz CT molecular complexity index is 786. The van der Waals surface area contributed by atoms with Crippen LogP contribution in [0.4, 0.5) is 0 Å². The topological polar surface area (TPSA) is 115 Å². The van der Waals surface area contributed by atoms with Crippen LogP contribution in [0.5, 0.6) is 0 Å². The van der Waals surface area contributed by atoms with Crippen LogP contribution >= 0.6 is 0 Å². The van der Waals surface area contributed by atoms with Crippen LogP contribution in [0.2, 0.25) is 0 Å². The summed E-state index contributed by atoms with van der Waals surface area (Å²) in [6, 6.07) is 3.16. The summed E-state index contributed by atoms with van der Waals surface area (Å²) in [7, 11) is -8.31. The van der Waals surface area contributed by atoms with E-state index in [9.17, 15) is 26.6 Å². The summed E-state index contributed by atoms with van der Waals surface area (Å²) in [5.74, 6) is 0. The molecule has 1 rings (SSSR count). The first-order chi connectivity index (χ1) is 9.23. The van der Waals surface area contributed by atoms with Gasteiger partial charge in [-0.3, -0.25) is 4.55 Å². The summed E-state index contributed by atoms with van der Waals surface area (Å²) < 4.78 is 55.4. The van der Waals surface area contributed by atoms with Crippen molar-refractivity contribution in [2.75, 3.05) is 6.26 Å². The fourth-order valence-electron chi connectivity index (χ4n) is 1.40. The lowest BCUT2D eigenvalue weighted by Crippen LogP contribution is -2.29. The predicted molar refractivity (Wildman–Crippen MR) is 77.9 cm³/mol. The third-order valence-corrected chi connectivity index (χ3v) is 4.63. The summed E-state index contributed by atoms with van der Waals surface area (Å²) in [5.41, 5.74) is -0.902. The van der Waals surface area contributed by atoms with Gasteiger partial charge in [-0.1, -0.05) is 0 Å². The molecule has 0 unspecified atom stereocenters. The van der Waals surface area contributed by atoms with Crippen molar-refractivity contribution in [1.82, 2.24) is 0 Å². The van der Waals surface area contributed by atoms with Crippen LogP contribution < -0.4 is 0 Å². The first-order valence-corrected chi connectivity index (χ1v) is 9.19. The molecule has 0 spiro atoms. The molecule has 0 aromatic heterocycles. The number of sulfone groups is 1. The Hall–Kier alpha value is -1.45. The smallest absolute Gasteiger partial charge is 0.295 e. The number of hydroxylamine groups is 1. The molecule has 0 radical (unpaired) electrons. The van der Waals surface area contributed by atoms with Crippen molar-refractivity contribution in [3.05, 3.63) is 29.0 Å². The fourth-order valence-corrected chi connectivity index (χ4v) is 2.81. The highest BCUT2D eigenvalue weighted by Gasteiger charge is 2.23. The number of hydrogen-bond acceptors (Lipinski definition) is 5. The molecule has 0 fully saturated rings. The molecular formula is C12H17NO6S2. The molecule has 0 heterocycles.